The van der Waals surface area contributed by atoms with Crippen LogP contribution in [0, 0.1) is 51.2 Å². The summed E-state index contributed by atoms with van der Waals surface area (Å²) in [5, 5.41) is 40.9. The summed E-state index contributed by atoms with van der Waals surface area (Å²) in [6.45, 7) is 9.10. The standard InChI is InChI=1S/C43H58N2O11/c1-38(2)31-30(48)32(49)40(4)29(42(31)20-53-37(51)41(36(42)56-38)13-5-6-14-41)11-15-39(3)33(54-35(50)34-43(39,40)55-34)24-12-16-52-28(24)17-25(27(47)19-46)22-7-9-23(10-8-22)26-18-44-21-45-26/h7,9,12,16,22-23,25-27,29,31-34,36,44-47,49H,5-6,8,10-11,13-15,17-21H2,1-4H3. The van der Waals surface area contributed by atoms with E-state index in [0.29, 0.717) is 55.4 Å². The monoisotopic (exact) mass is 778 g/mol. The summed E-state index contributed by atoms with van der Waals surface area (Å²) < 4.78 is 32.4. The number of esters is 2. The Kier molecular flexibility index (Phi) is 8.35. The van der Waals surface area contributed by atoms with E-state index in [-0.39, 0.29) is 36.1 Å². The van der Waals surface area contributed by atoms with Crippen molar-refractivity contribution in [3.8, 4) is 0 Å². The van der Waals surface area contributed by atoms with Gasteiger partial charge in [-0.2, -0.15) is 0 Å². The summed E-state index contributed by atoms with van der Waals surface area (Å²) in [6.07, 6.45) is 7.30. The molecular weight excluding hydrogens is 720 g/mol. The van der Waals surface area contributed by atoms with Crippen molar-refractivity contribution >= 4 is 17.7 Å². The number of Topliss-reactive ketones (excluding diaryl/α,β-unsaturated/α-hetero) is 1. The number of hydrogen-bond acceptors (Lipinski definition) is 13. The van der Waals surface area contributed by atoms with Crippen molar-refractivity contribution < 1.29 is 53.1 Å². The Labute approximate surface area is 327 Å². The van der Waals surface area contributed by atoms with Gasteiger partial charge < -0.3 is 44.0 Å². The third-order valence-corrected chi connectivity index (χ3v) is 17.3. The van der Waals surface area contributed by atoms with Crippen LogP contribution in [0.3, 0.4) is 0 Å². The van der Waals surface area contributed by atoms with Gasteiger partial charge >= 0.3 is 11.9 Å². The molecule has 1 aromatic heterocycles. The highest BCUT2D eigenvalue weighted by Gasteiger charge is 2.91. The van der Waals surface area contributed by atoms with Crippen LogP contribution in [0.4, 0.5) is 0 Å². The highest BCUT2D eigenvalue weighted by atomic mass is 16.7. The van der Waals surface area contributed by atoms with Crippen molar-refractivity contribution in [2.24, 2.45) is 51.2 Å². The first kappa shape index (κ1) is 37.6. The molecule has 0 amide bonds. The molecule has 9 aliphatic rings. The van der Waals surface area contributed by atoms with Crippen LogP contribution < -0.4 is 10.6 Å². The molecular formula is C43H58N2O11. The molecule has 5 aliphatic heterocycles. The summed E-state index contributed by atoms with van der Waals surface area (Å²) in [5.74, 6) is -1.66. The lowest BCUT2D eigenvalue weighted by Crippen LogP contribution is -2.77. The zero-order valence-electron chi connectivity index (χ0n) is 33.0. The molecule has 13 heteroatoms. The minimum absolute atomic E-state index is 0.00350. The van der Waals surface area contributed by atoms with Crippen molar-refractivity contribution in [1.82, 2.24) is 10.6 Å². The first-order valence-electron chi connectivity index (χ1n) is 21.1. The average Bonchev–Trinajstić information content (AvgIpc) is 3.66. The molecule has 0 aromatic carbocycles. The number of ketones is 1. The topological polar surface area (TPSA) is 189 Å². The zero-order valence-corrected chi connectivity index (χ0v) is 33.0. The van der Waals surface area contributed by atoms with Crippen molar-refractivity contribution in [2.45, 2.75) is 133 Å². The fraction of sp³-hybridized carbons (Fsp3) is 0.791. The molecule has 3 spiro atoms. The van der Waals surface area contributed by atoms with Gasteiger partial charge in [0.1, 0.15) is 30.2 Å². The van der Waals surface area contributed by atoms with E-state index in [9.17, 15) is 29.7 Å². The van der Waals surface area contributed by atoms with Crippen molar-refractivity contribution in [3.63, 3.8) is 0 Å². The molecule has 15 atom stereocenters. The van der Waals surface area contributed by atoms with E-state index in [1.54, 1.807) is 6.26 Å². The Balaban J connectivity index is 1.02. The first-order valence-corrected chi connectivity index (χ1v) is 21.1. The summed E-state index contributed by atoms with van der Waals surface area (Å²) in [7, 11) is 0. The van der Waals surface area contributed by atoms with Gasteiger partial charge in [0.05, 0.1) is 42.0 Å². The second-order valence-corrected chi connectivity index (χ2v) is 19.9. The molecule has 5 saturated heterocycles. The van der Waals surface area contributed by atoms with Gasteiger partial charge in [0.2, 0.25) is 0 Å². The van der Waals surface area contributed by atoms with Crippen LogP contribution >= 0.6 is 0 Å². The van der Waals surface area contributed by atoms with Gasteiger partial charge in [-0.1, -0.05) is 38.8 Å². The lowest BCUT2D eigenvalue weighted by molar-refractivity contribution is -0.264. The van der Waals surface area contributed by atoms with Gasteiger partial charge in [-0.05, 0) is 76.2 Å². The van der Waals surface area contributed by atoms with Gasteiger partial charge in [-0.15, -0.1) is 0 Å². The lowest BCUT2D eigenvalue weighted by atomic mass is 9.35. The normalized spacial score (nSPS) is 47.9. The predicted octanol–water partition coefficient (Wildman–Crippen LogP) is 2.89. The fourth-order valence-electron chi connectivity index (χ4n) is 14.8. The molecule has 13 nitrogen and oxygen atoms in total. The number of epoxide rings is 1. The molecule has 4 aliphatic carbocycles. The largest absolute Gasteiger partial charge is 0.469 e. The van der Waals surface area contributed by atoms with Crippen LogP contribution in [-0.4, -0.2) is 101 Å². The van der Waals surface area contributed by atoms with Crippen LogP contribution in [0.2, 0.25) is 0 Å². The number of aliphatic hydroxyl groups is 3. The summed E-state index contributed by atoms with van der Waals surface area (Å²) in [4.78, 5) is 42.9. The molecule has 15 unspecified atom stereocenters. The second-order valence-electron chi connectivity index (χ2n) is 19.9. The van der Waals surface area contributed by atoms with Crippen LogP contribution in [0.1, 0.15) is 96.5 Å². The van der Waals surface area contributed by atoms with E-state index < -0.39 is 81.9 Å². The third kappa shape index (κ3) is 4.54. The van der Waals surface area contributed by atoms with Crippen molar-refractivity contribution in [3.05, 3.63) is 35.8 Å². The first-order chi connectivity index (χ1) is 26.7. The number of carbonyl (C=O) groups is 3. The number of rotatable bonds is 7. The maximum atomic E-state index is 14.9. The third-order valence-electron chi connectivity index (χ3n) is 17.3. The van der Waals surface area contributed by atoms with Crippen LogP contribution in [-0.2, 0) is 39.8 Å². The number of nitrogens with one attached hydrogen (secondary N) is 2. The maximum absolute atomic E-state index is 14.9. The molecule has 1 aromatic rings. The van der Waals surface area contributed by atoms with Crippen molar-refractivity contribution in [1.29, 1.82) is 0 Å². The molecule has 3 saturated carbocycles. The number of fused-ring (bicyclic) bond motifs is 2. The number of cyclic esters (lactones) is 2. The number of carbonyl (C=O) groups excluding carboxylic acids is 3. The van der Waals surface area contributed by atoms with E-state index in [4.69, 9.17) is 23.4 Å². The highest BCUT2D eigenvalue weighted by Crippen LogP contribution is 2.81. The molecule has 0 radical (unpaired) electrons. The lowest BCUT2D eigenvalue weighted by Gasteiger charge is -2.67. The Morgan fingerprint density at radius 3 is 2.46 bits per heavy atom. The van der Waals surface area contributed by atoms with E-state index >= 15 is 0 Å². The van der Waals surface area contributed by atoms with Crippen LogP contribution in [0.15, 0.2) is 28.9 Å². The van der Waals surface area contributed by atoms with Crippen LogP contribution in [0.25, 0.3) is 0 Å². The van der Waals surface area contributed by atoms with E-state index in [1.165, 1.54) is 0 Å². The Bertz CT molecular complexity index is 1830. The second kappa shape index (κ2) is 12.4. The van der Waals surface area contributed by atoms with Gasteiger partial charge in [-0.3, -0.25) is 14.9 Å². The van der Waals surface area contributed by atoms with E-state index in [1.807, 2.05) is 33.8 Å². The number of allylic oxidation sites excluding steroid dienone is 1. The zero-order chi connectivity index (χ0) is 39.2. The number of hydrogen-bond donors (Lipinski definition) is 5. The smallest absolute Gasteiger partial charge is 0.339 e. The summed E-state index contributed by atoms with van der Waals surface area (Å²) >= 11 is 0. The molecule has 10 rings (SSSR count). The minimum Gasteiger partial charge on any atom is -0.469 e. The Morgan fingerprint density at radius 1 is 0.982 bits per heavy atom. The molecule has 0 bridgehead atoms. The van der Waals surface area contributed by atoms with Crippen molar-refractivity contribution in [2.75, 3.05) is 26.4 Å². The fourth-order valence-corrected chi connectivity index (χ4v) is 14.8. The average molecular weight is 779 g/mol. The molecule has 306 valence electrons. The summed E-state index contributed by atoms with van der Waals surface area (Å²) in [6, 6.07) is 2.19. The Hall–Kier alpha value is -2.65. The molecule has 6 heterocycles. The van der Waals surface area contributed by atoms with Gasteiger partial charge in [-0.25, -0.2) is 4.79 Å². The molecule has 8 fully saturated rings. The van der Waals surface area contributed by atoms with Gasteiger partial charge in [0.15, 0.2) is 11.9 Å². The number of furan rings is 1. The Morgan fingerprint density at radius 2 is 1.77 bits per heavy atom. The maximum Gasteiger partial charge on any atom is 0.339 e. The quantitative estimate of drug-likeness (QED) is 0.155. The SMILES string of the molecule is CC1(C)OC2C3(CCCC3)C(=O)OCC23C1C(=O)C(O)C1(C)C3CCC2(C)C(c3ccoc3CC(C(O)CO)C3C=CC(C4CNCN4)CC3)OC(=O)C3OC321. The molecule has 5 N–H and O–H groups in total. The minimum atomic E-state index is -1.47. The van der Waals surface area contributed by atoms with Gasteiger partial charge in [0, 0.05) is 53.4 Å². The predicted molar refractivity (Wildman–Crippen MR) is 197 cm³/mol. The molecule has 56 heavy (non-hydrogen) atoms. The van der Waals surface area contributed by atoms with E-state index in [0.717, 1.165) is 38.9 Å². The van der Waals surface area contributed by atoms with E-state index in [2.05, 4.69) is 22.8 Å². The highest BCUT2D eigenvalue weighted by molar-refractivity contribution is 5.92. The van der Waals surface area contributed by atoms with Crippen LogP contribution in [0.5, 0.6) is 0 Å². The number of ether oxygens (including phenoxy) is 4. The van der Waals surface area contributed by atoms with Gasteiger partial charge in [0.25, 0.3) is 0 Å². The number of aliphatic hydroxyl groups excluding tert-OH is 3. The summed E-state index contributed by atoms with van der Waals surface area (Å²) in [5.41, 5.74) is -5.50.